The normalized spacial score (nSPS) is 16.5. The number of carbonyl (C=O) groups excluding carboxylic acids is 4. The molecular formula is C38H45N3O7. The molecule has 1 N–H and O–H groups in total. The Kier molecular flexibility index (Phi) is 10.7. The third-order valence-electron chi connectivity index (χ3n) is 8.36. The number of nitrogens with zero attached hydrogens (tertiary/aromatic N) is 2. The van der Waals surface area contributed by atoms with Crippen molar-refractivity contribution in [2.45, 2.75) is 84.1 Å². The Bertz CT molecular complexity index is 1570. The van der Waals surface area contributed by atoms with Crippen LogP contribution in [0.3, 0.4) is 0 Å². The quantitative estimate of drug-likeness (QED) is 0.199. The maximum Gasteiger partial charge on any atom is 0.429 e. The van der Waals surface area contributed by atoms with Crippen molar-refractivity contribution in [2.24, 2.45) is 5.92 Å². The highest BCUT2D eigenvalue weighted by atomic mass is 16.6. The second kappa shape index (κ2) is 14.9. The fourth-order valence-electron chi connectivity index (χ4n) is 6.26. The Hall–Kier alpha value is -4.86. The summed E-state index contributed by atoms with van der Waals surface area (Å²) in [7, 11) is 0. The molecule has 0 radical (unpaired) electrons. The smallest absolute Gasteiger partial charge is 0.429 e. The molecular weight excluding hydrogens is 610 g/mol. The van der Waals surface area contributed by atoms with Crippen LogP contribution in [0.25, 0.3) is 11.1 Å². The van der Waals surface area contributed by atoms with Crippen LogP contribution < -0.4 is 5.32 Å². The van der Waals surface area contributed by atoms with Gasteiger partial charge in [-0.15, -0.1) is 0 Å². The van der Waals surface area contributed by atoms with Gasteiger partial charge < -0.3 is 19.5 Å². The lowest BCUT2D eigenvalue weighted by Crippen LogP contribution is -2.63. The van der Waals surface area contributed by atoms with Gasteiger partial charge >= 0.3 is 18.2 Å². The summed E-state index contributed by atoms with van der Waals surface area (Å²) in [6.45, 7) is 9.30. The van der Waals surface area contributed by atoms with Gasteiger partial charge in [0.15, 0.2) is 0 Å². The van der Waals surface area contributed by atoms with Crippen LogP contribution in [0.1, 0.15) is 76.5 Å². The first kappa shape index (κ1) is 34.5. The molecule has 1 aliphatic heterocycles. The van der Waals surface area contributed by atoms with Crippen LogP contribution in [0.4, 0.5) is 9.59 Å². The number of rotatable bonds is 9. The average molecular weight is 656 g/mol. The van der Waals surface area contributed by atoms with Crippen molar-refractivity contribution in [3.8, 4) is 11.1 Å². The Morgan fingerprint density at radius 2 is 1.44 bits per heavy atom. The first-order valence-electron chi connectivity index (χ1n) is 16.6. The maximum absolute atomic E-state index is 14.1. The van der Waals surface area contributed by atoms with E-state index < -0.39 is 41.7 Å². The van der Waals surface area contributed by atoms with Crippen LogP contribution in [0, 0.1) is 5.92 Å². The monoisotopic (exact) mass is 655 g/mol. The molecule has 1 heterocycles. The fourth-order valence-corrected chi connectivity index (χ4v) is 6.26. The van der Waals surface area contributed by atoms with Gasteiger partial charge in [0.2, 0.25) is 5.91 Å². The van der Waals surface area contributed by atoms with Crippen LogP contribution >= 0.6 is 0 Å². The summed E-state index contributed by atoms with van der Waals surface area (Å²) in [5.74, 6) is -1.30. The number of amides is 3. The molecule has 0 unspecified atom stereocenters. The molecule has 3 aromatic rings. The molecule has 1 aliphatic carbocycles. The number of hydrazine groups is 1. The summed E-state index contributed by atoms with van der Waals surface area (Å²) in [5, 5.41) is 5.02. The zero-order valence-electron chi connectivity index (χ0n) is 28.3. The molecule has 254 valence electrons. The van der Waals surface area contributed by atoms with Crippen LogP contribution in [0.5, 0.6) is 0 Å². The molecule has 48 heavy (non-hydrogen) atoms. The number of benzene rings is 3. The van der Waals surface area contributed by atoms with Crippen molar-refractivity contribution in [3.05, 3.63) is 95.6 Å². The summed E-state index contributed by atoms with van der Waals surface area (Å²) < 4.78 is 17.2. The van der Waals surface area contributed by atoms with Gasteiger partial charge in [-0.2, -0.15) is 0 Å². The molecule has 10 heteroatoms. The highest BCUT2D eigenvalue weighted by Gasteiger charge is 2.43. The number of carbonyl (C=O) groups is 4. The number of nitrogens with one attached hydrogen (secondary N) is 1. The van der Waals surface area contributed by atoms with Gasteiger partial charge in [0.05, 0.1) is 0 Å². The van der Waals surface area contributed by atoms with Crippen LogP contribution in [-0.4, -0.2) is 64.9 Å². The zero-order chi connectivity index (χ0) is 34.4. The van der Waals surface area contributed by atoms with Gasteiger partial charge in [0.25, 0.3) is 0 Å². The summed E-state index contributed by atoms with van der Waals surface area (Å²) in [6.07, 6.45) is -0.628. The molecule has 2 atom stereocenters. The van der Waals surface area contributed by atoms with E-state index in [-0.39, 0.29) is 38.0 Å². The summed E-state index contributed by atoms with van der Waals surface area (Å²) >= 11 is 0. The van der Waals surface area contributed by atoms with Gasteiger partial charge in [-0.1, -0.05) is 92.7 Å². The molecule has 0 bridgehead atoms. The van der Waals surface area contributed by atoms with E-state index >= 15 is 0 Å². The second-order valence-electron chi connectivity index (χ2n) is 13.7. The van der Waals surface area contributed by atoms with E-state index in [9.17, 15) is 19.2 Å². The van der Waals surface area contributed by atoms with Crippen molar-refractivity contribution < 1.29 is 33.4 Å². The van der Waals surface area contributed by atoms with E-state index in [0.717, 1.165) is 37.8 Å². The first-order valence-corrected chi connectivity index (χ1v) is 16.6. The minimum Gasteiger partial charge on any atom is -0.458 e. The Labute approximate surface area is 282 Å². The van der Waals surface area contributed by atoms with Gasteiger partial charge in [-0.25, -0.2) is 24.4 Å². The minimum absolute atomic E-state index is 0.00150. The van der Waals surface area contributed by atoms with E-state index in [1.165, 1.54) is 0 Å². The fraction of sp³-hybridized carbons (Fsp3) is 0.421. The number of hydrogen-bond donors (Lipinski definition) is 1. The lowest BCUT2D eigenvalue weighted by atomic mass is 9.98. The first-order chi connectivity index (χ1) is 22.9. The molecule has 1 fully saturated rings. The van der Waals surface area contributed by atoms with Gasteiger partial charge in [0, 0.05) is 12.5 Å². The maximum atomic E-state index is 14.1. The van der Waals surface area contributed by atoms with E-state index in [0.29, 0.717) is 12.8 Å². The van der Waals surface area contributed by atoms with Crippen molar-refractivity contribution in [1.82, 2.24) is 15.3 Å². The third-order valence-corrected chi connectivity index (χ3v) is 8.36. The number of ether oxygens (including phenoxy) is 3. The van der Waals surface area contributed by atoms with E-state index in [4.69, 9.17) is 14.2 Å². The molecule has 0 spiro atoms. The van der Waals surface area contributed by atoms with E-state index in [1.807, 2.05) is 92.7 Å². The zero-order valence-corrected chi connectivity index (χ0v) is 28.3. The van der Waals surface area contributed by atoms with Crippen LogP contribution in [-0.2, 0) is 30.4 Å². The highest BCUT2D eigenvalue weighted by molar-refractivity contribution is 5.90. The van der Waals surface area contributed by atoms with Gasteiger partial charge in [-0.3, -0.25) is 4.79 Å². The number of hydrogen-bond acceptors (Lipinski definition) is 7. The topological polar surface area (TPSA) is 114 Å². The van der Waals surface area contributed by atoms with E-state index in [2.05, 4.69) is 5.32 Å². The highest BCUT2D eigenvalue weighted by Crippen LogP contribution is 2.44. The molecule has 3 aromatic carbocycles. The molecule has 0 saturated carbocycles. The summed E-state index contributed by atoms with van der Waals surface area (Å²) in [4.78, 5) is 54.7. The van der Waals surface area contributed by atoms with Crippen molar-refractivity contribution in [2.75, 3.05) is 13.2 Å². The standard InChI is InChI=1S/C38H45N3O7/c1-25(2)22-32(35(43)48-38(3,4)5)39-34(42)33-20-13-21-40(36(44)46-23-26-14-7-6-8-15-26)41(33)37(45)47-24-31-29-18-11-9-16-27(29)28-17-10-12-19-30(28)31/h6-12,14-19,25,31-33H,13,20-24H2,1-5H3,(H,39,42)/t32-,33+/m0/s1. The minimum atomic E-state index is -1.13. The van der Waals surface area contributed by atoms with Crippen molar-refractivity contribution in [1.29, 1.82) is 0 Å². The van der Waals surface area contributed by atoms with Crippen molar-refractivity contribution in [3.63, 3.8) is 0 Å². The second-order valence-corrected chi connectivity index (χ2v) is 13.7. The van der Waals surface area contributed by atoms with Crippen molar-refractivity contribution >= 4 is 24.1 Å². The Balaban J connectivity index is 1.39. The third kappa shape index (κ3) is 8.16. The lowest BCUT2D eigenvalue weighted by molar-refractivity contribution is -0.160. The molecule has 5 rings (SSSR count). The summed E-state index contributed by atoms with van der Waals surface area (Å²) in [6, 6.07) is 23.1. The summed E-state index contributed by atoms with van der Waals surface area (Å²) in [5.41, 5.74) is 4.25. The SMILES string of the molecule is CC(C)C[C@H](NC(=O)[C@H]1CCCN(C(=O)OCc2ccccc2)N1C(=O)OCC1c2ccccc2-c2ccccc21)C(=O)OC(C)(C)C. The lowest BCUT2D eigenvalue weighted by Gasteiger charge is -2.41. The predicted molar refractivity (Wildman–Crippen MR) is 180 cm³/mol. The Morgan fingerprint density at radius 1 is 0.833 bits per heavy atom. The van der Waals surface area contributed by atoms with Gasteiger partial charge in [0.1, 0.15) is 30.9 Å². The molecule has 3 amide bonds. The predicted octanol–water partition coefficient (Wildman–Crippen LogP) is 6.83. The number of fused-ring (bicyclic) bond motifs is 3. The largest absolute Gasteiger partial charge is 0.458 e. The van der Waals surface area contributed by atoms with Crippen LogP contribution in [0.15, 0.2) is 78.9 Å². The average Bonchev–Trinajstić information content (AvgIpc) is 3.38. The van der Waals surface area contributed by atoms with E-state index in [1.54, 1.807) is 20.8 Å². The van der Waals surface area contributed by atoms with Crippen LogP contribution in [0.2, 0.25) is 0 Å². The molecule has 0 aromatic heterocycles. The Morgan fingerprint density at radius 3 is 2.04 bits per heavy atom. The molecule has 10 nitrogen and oxygen atoms in total. The molecule has 1 saturated heterocycles. The number of esters is 1. The molecule has 2 aliphatic rings. The van der Waals surface area contributed by atoms with Gasteiger partial charge in [-0.05, 0) is 73.8 Å².